The second kappa shape index (κ2) is 31.2. The van der Waals surface area contributed by atoms with Crippen molar-refractivity contribution in [1.29, 1.82) is 0 Å². The van der Waals surface area contributed by atoms with Gasteiger partial charge in [0.25, 0.3) is 23.6 Å². The van der Waals surface area contributed by atoms with Gasteiger partial charge in [-0.05, 0) is 135 Å². The predicted molar refractivity (Wildman–Crippen MR) is 354 cm³/mol. The summed E-state index contributed by atoms with van der Waals surface area (Å²) in [6.45, 7) is 2.73. The number of aromatic nitrogens is 7. The van der Waals surface area contributed by atoms with Gasteiger partial charge in [-0.3, -0.25) is 47.9 Å². The number of unbranched alkanes of at least 4 members (excludes halogenated alkanes) is 1. The summed E-state index contributed by atoms with van der Waals surface area (Å²) in [7, 11) is 14.0. The molecule has 0 aliphatic heterocycles. The Morgan fingerprint density at radius 3 is 1.27 bits per heavy atom. The van der Waals surface area contributed by atoms with E-state index in [1.54, 1.807) is 160 Å². The SMILES string of the molecule is CN(CCCN)CCCCC(=O)CCCC(=O)c1cc(CC(=O)c2cc(CC(=O)c3cc(CC(=O)c4cc(CC(=O)CCCNC(=O)c5cc(NC(=O)c6cc(NC(=O)c7cc(NC(=O)c8sccc8Cl)cn7C)cn6C)cn5C)cn4C)cn3C)cn2C)cn1C. The van der Waals surface area contributed by atoms with E-state index in [-0.39, 0.29) is 96.9 Å². The van der Waals surface area contributed by atoms with Gasteiger partial charge in [-0.15, -0.1) is 11.3 Å². The van der Waals surface area contributed by atoms with E-state index in [9.17, 15) is 47.9 Å². The highest BCUT2D eigenvalue weighted by molar-refractivity contribution is 7.12. The van der Waals surface area contributed by atoms with Gasteiger partial charge in [-0.2, -0.15) is 0 Å². The number of ketones is 6. The highest BCUT2D eigenvalue weighted by Gasteiger charge is 2.24. The van der Waals surface area contributed by atoms with Crippen LogP contribution in [-0.4, -0.2) is 128 Å². The molecular weight excluding hydrogens is 1210 g/mol. The lowest BCUT2D eigenvalue weighted by Gasteiger charge is -2.15. The van der Waals surface area contributed by atoms with Gasteiger partial charge in [-0.1, -0.05) is 11.6 Å². The first-order valence-corrected chi connectivity index (χ1v) is 31.7. The molecule has 0 unspecified atom stereocenters. The molecule has 0 atom stereocenters. The number of anilines is 3. The molecule has 0 bridgehead atoms. The fourth-order valence-electron chi connectivity index (χ4n) is 11.2. The second-order valence-electron chi connectivity index (χ2n) is 23.6. The molecule has 4 amide bonds. The Morgan fingerprint density at radius 2 is 0.826 bits per heavy atom. The third-order valence-corrected chi connectivity index (χ3v) is 17.3. The Labute approximate surface area is 542 Å². The summed E-state index contributed by atoms with van der Waals surface area (Å²) in [5.74, 6) is -2.35. The van der Waals surface area contributed by atoms with Crippen LogP contribution in [0.25, 0.3) is 0 Å². The van der Waals surface area contributed by atoms with Crippen LogP contribution in [0.4, 0.5) is 17.1 Å². The van der Waals surface area contributed by atoms with E-state index in [4.69, 9.17) is 17.3 Å². The van der Waals surface area contributed by atoms with Crippen LogP contribution in [0.1, 0.15) is 163 Å². The summed E-state index contributed by atoms with van der Waals surface area (Å²) < 4.78 is 11.4. The van der Waals surface area contributed by atoms with Crippen LogP contribution >= 0.6 is 22.9 Å². The zero-order chi connectivity index (χ0) is 66.5. The molecule has 0 saturated heterocycles. The minimum Gasteiger partial charge on any atom is -0.351 e. The Morgan fingerprint density at radius 1 is 0.435 bits per heavy atom. The molecule has 8 aromatic rings. The summed E-state index contributed by atoms with van der Waals surface area (Å²) in [4.78, 5) is 135. The molecule has 23 nitrogen and oxygen atoms in total. The van der Waals surface area contributed by atoms with Crippen molar-refractivity contribution in [2.45, 2.75) is 83.5 Å². The summed E-state index contributed by atoms with van der Waals surface area (Å²) in [5.41, 5.74) is 11.8. The number of carbonyl (C=O) groups is 10. The molecule has 0 fully saturated rings. The first kappa shape index (κ1) is 68.7. The molecule has 8 rings (SSSR count). The average Bonchev–Trinajstić information content (AvgIpc) is 1.90. The van der Waals surface area contributed by atoms with Crippen LogP contribution in [0.3, 0.4) is 0 Å². The average molecular weight is 1290 g/mol. The van der Waals surface area contributed by atoms with E-state index in [1.807, 2.05) is 0 Å². The lowest BCUT2D eigenvalue weighted by atomic mass is 10.0. The molecule has 486 valence electrons. The molecule has 0 aliphatic carbocycles. The summed E-state index contributed by atoms with van der Waals surface area (Å²) in [6.07, 6.45) is 16.7. The van der Waals surface area contributed by atoms with Crippen LogP contribution in [-0.2, 0) is 84.6 Å². The number of hydrogen-bond donors (Lipinski definition) is 5. The molecule has 6 N–H and O–H groups in total. The van der Waals surface area contributed by atoms with Gasteiger partial charge in [0.05, 0.1) is 44.9 Å². The van der Waals surface area contributed by atoms with Gasteiger partial charge in [0.15, 0.2) is 23.1 Å². The number of carbonyl (C=O) groups excluding carboxylic acids is 10. The lowest BCUT2D eigenvalue weighted by molar-refractivity contribution is -0.119. The van der Waals surface area contributed by atoms with Crippen LogP contribution in [0, 0.1) is 0 Å². The van der Waals surface area contributed by atoms with Crippen LogP contribution in [0.5, 0.6) is 0 Å². The number of nitrogens with two attached hydrogens (primary N) is 1. The summed E-state index contributed by atoms with van der Waals surface area (Å²) >= 11 is 7.30. The molecule has 0 radical (unpaired) electrons. The summed E-state index contributed by atoms with van der Waals surface area (Å²) in [5, 5.41) is 13.2. The lowest BCUT2D eigenvalue weighted by Crippen LogP contribution is -2.26. The number of amides is 4. The van der Waals surface area contributed by atoms with E-state index in [0.29, 0.717) is 104 Å². The standard InChI is InChI=1S/C67H80ClN13O10S/c1-74(22-13-19-69)21-10-9-14-49(82)15-11-17-59(84)52-26-43(36-75(52)2)29-61(86)54-28-45(38-77(54)4)31-62(87)55-27-44(37-78(55)5)30-60(85)53-25-42(35-76(53)3)24-50(83)16-12-20-70-64(88)56-32-46(39-79(56)6)71-65(89)57-33-47(40-80(57)7)72-66(90)58-34-48(41-81(58)8)73-67(91)63-51(68)18-23-92-63/h18,23,25-28,32-41H,9-17,19-22,24,29-31,69H2,1-8H3,(H,70,88)(H,71,89)(H,72,90)(H,73,91). The first-order valence-electron chi connectivity index (χ1n) is 30.4. The summed E-state index contributed by atoms with van der Waals surface area (Å²) in [6, 6.07) is 13.0. The van der Waals surface area contributed by atoms with E-state index >= 15 is 0 Å². The van der Waals surface area contributed by atoms with Gasteiger partial charge >= 0.3 is 0 Å². The van der Waals surface area contributed by atoms with Gasteiger partial charge in [0.2, 0.25) is 0 Å². The van der Waals surface area contributed by atoms with Crippen molar-refractivity contribution in [3.8, 4) is 0 Å². The van der Waals surface area contributed by atoms with E-state index in [1.165, 1.54) is 29.5 Å². The Bertz CT molecular complexity index is 4080. The fourth-order valence-corrected chi connectivity index (χ4v) is 12.3. The first-order chi connectivity index (χ1) is 43.8. The number of hydrogen-bond acceptors (Lipinski definition) is 13. The normalized spacial score (nSPS) is 11.3. The highest BCUT2D eigenvalue weighted by Crippen LogP contribution is 2.26. The maximum absolute atomic E-state index is 13.7. The van der Waals surface area contributed by atoms with Crippen molar-refractivity contribution in [3.05, 3.63) is 169 Å². The van der Waals surface area contributed by atoms with Crippen molar-refractivity contribution in [2.24, 2.45) is 55.1 Å². The molecule has 92 heavy (non-hydrogen) atoms. The van der Waals surface area contributed by atoms with Gasteiger partial charge in [0.1, 0.15) is 33.5 Å². The number of nitrogens with one attached hydrogen (secondary N) is 4. The third kappa shape index (κ3) is 18.0. The van der Waals surface area contributed by atoms with Crippen molar-refractivity contribution >= 4 is 98.3 Å². The molecule has 8 heterocycles. The molecule has 0 aliphatic rings. The van der Waals surface area contributed by atoms with Crippen molar-refractivity contribution in [3.63, 3.8) is 0 Å². The van der Waals surface area contributed by atoms with Gasteiger partial charge < -0.3 is 63.9 Å². The Balaban J connectivity index is 0.739. The van der Waals surface area contributed by atoms with Crippen LogP contribution in [0.2, 0.25) is 5.02 Å². The largest absolute Gasteiger partial charge is 0.351 e. The Hall–Kier alpha value is -9.23. The monoisotopic (exact) mass is 1290 g/mol. The number of halogens is 1. The van der Waals surface area contributed by atoms with Crippen molar-refractivity contribution in [2.75, 3.05) is 49.2 Å². The molecule has 8 aromatic heterocycles. The zero-order valence-electron chi connectivity index (χ0n) is 53.3. The number of aryl methyl sites for hydroxylation is 7. The topological polar surface area (TPSA) is 283 Å². The molecule has 0 saturated carbocycles. The maximum atomic E-state index is 13.7. The van der Waals surface area contributed by atoms with E-state index < -0.39 is 23.6 Å². The van der Waals surface area contributed by atoms with Crippen molar-refractivity contribution in [1.82, 2.24) is 42.2 Å². The number of Topliss-reactive ketones (excluding diaryl/α,β-unsaturated/α-hetero) is 6. The number of nitrogens with zero attached hydrogens (tertiary/aromatic N) is 8. The molecular formula is C67H80ClN13O10S. The van der Waals surface area contributed by atoms with Crippen LogP contribution < -0.4 is 27.0 Å². The van der Waals surface area contributed by atoms with Crippen molar-refractivity contribution < 1.29 is 47.9 Å². The van der Waals surface area contributed by atoms with Crippen LogP contribution in [0.15, 0.2) is 97.3 Å². The second-order valence-corrected chi connectivity index (χ2v) is 24.9. The van der Waals surface area contributed by atoms with E-state index in [0.717, 1.165) is 32.4 Å². The van der Waals surface area contributed by atoms with Gasteiger partial charge in [0, 0.05) is 151 Å². The smallest absolute Gasteiger partial charge is 0.272 e. The molecule has 0 aromatic carbocycles. The number of thiophene rings is 1. The minimum absolute atomic E-state index is 0.0116. The Kier molecular flexibility index (Phi) is 23.3. The van der Waals surface area contributed by atoms with E-state index in [2.05, 4.69) is 33.2 Å². The molecule has 0 spiro atoms. The van der Waals surface area contributed by atoms with Gasteiger partial charge in [-0.25, -0.2) is 0 Å². The maximum Gasteiger partial charge on any atom is 0.272 e. The fraction of sp³-hybridized carbons (Fsp3) is 0.373. The highest BCUT2D eigenvalue weighted by atomic mass is 35.5. The predicted octanol–water partition coefficient (Wildman–Crippen LogP) is 8.50. The minimum atomic E-state index is -0.492. The molecule has 25 heteroatoms. The quantitative estimate of drug-likeness (QED) is 0.0185. The number of rotatable bonds is 35. The third-order valence-electron chi connectivity index (χ3n) is 16.0. The zero-order valence-corrected chi connectivity index (χ0v) is 54.9.